The number of esters is 1. The lowest BCUT2D eigenvalue weighted by molar-refractivity contribution is -0.145. The van der Waals surface area contributed by atoms with E-state index in [1.807, 2.05) is 12.1 Å². The predicted molar refractivity (Wildman–Crippen MR) is 92.7 cm³/mol. The number of carbonyl (C=O) groups is 2. The van der Waals surface area contributed by atoms with E-state index in [9.17, 15) is 9.59 Å². The number of pyridine rings is 1. The standard InChI is InChI=1S/C16H22BrN3O4/c1-16(2,3)24-15(22)20-9-11(8-12(20)14(21)23-4)19-13-7-10(17)5-6-18-13/h5-7,11-12H,8-9H2,1-4H3,(H,18,19)/t11-,12-/m0/s1. The third-order valence-corrected chi connectivity index (χ3v) is 3.97. The van der Waals surface area contributed by atoms with Gasteiger partial charge in [-0.2, -0.15) is 0 Å². The summed E-state index contributed by atoms with van der Waals surface area (Å²) in [6.07, 6.45) is 1.58. The molecule has 2 heterocycles. The second kappa shape index (κ2) is 7.38. The molecule has 1 aliphatic rings. The van der Waals surface area contributed by atoms with Crippen LogP contribution in [0.15, 0.2) is 22.8 Å². The molecule has 1 aliphatic heterocycles. The van der Waals surface area contributed by atoms with Crippen molar-refractivity contribution in [3.63, 3.8) is 0 Å². The van der Waals surface area contributed by atoms with Crippen molar-refractivity contribution < 1.29 is 19.1 Å². The molecule has 24 heavy (non-hydrogen) atoms. The maximum Gasteiger partial charge on any atom is 0.411 e. The molecule has 0 aliphatic carbocycles. The normalized spacial score (nSPS) is 20.6. The van der Waals surface area contributed by atoms with Crippen LogP contribution in [0.5, 0.6) is 0 Å². The monoisotopic (exact) mass is 399 g/mol. The highest BCUT2D eigenvalue weighted by molar-refractivity contribution is 9.10. The molecule has 7 nitrogen and oxygen atoms in total. The van der Waals surface area contributed by atoms with Crippen molar-refractivity contribution in [2.24, 2.45) is 0 Å². The predicted octanol–water partition coefficient (Wildman–Crippen LogP) is 2.81. The molecule has 0 bridgehead atoms. The highest BCUT2D eigenvalue weighted by atomic mass is 79.9. The van der Waals surface area contributed by atoms with Crippen molar-refractivity contribution >= 4 is 33.8 Å². The number of ether oxygens (including phenoxy) is 2. The highest BCUT2D eigenvalue weighted by Crippen LogP contribution is 2.25. The van der Waals surface area contributed by atoms with Crippen LogP contribution in [0.4, 0.5) is 10.6 Å². The Morgan fingerprint density at radius 1 is 1.42 bits per heavy atom. The third-order valence-electron chi connectivity index (χ3n) is 3.48. The van der Waals surface area contributed by atoms with Gasteiger partial charge >= 0.3 is 12.1 Å². The van der Waals surface area contributed by atoms with Crippen LogP contribution >= 0.6 is 15.9 Å². The molecule has 1 saturated heterocycles. The molecule has 132 valence electrons. The van der Waals surface area contributed by atoms with Gasteiger partial charge in [0.2, 0.25) is 0 Å². The zero-order chi connectivity index (χ0) is 17.9. The number of nitrogens with zero attached hydrogens (tertiary/aromatic N) is 2. The number of anilines is 1. The summed E-state index contributed by atoms with van der Waals surface area (Å²) in [6, 6.07) is 2.87. The molecular formula is C16H22BrN3O4. The smallest absolute Gasteiger partial charge is 0.411 e. The van der Waals surface area contributed by atoms with Crippen molar-refractivity contribution in [3.05, 3.63) is 22.8 Å². The first kappa shape index (κ1) is 18.5. The van der Waals surface area contributed by atoms with Gasteiger partial charge in [-0.05, 0) is 32.9 Å². The van der Waals surface area contributed by atoms with Gasteiger partial charge in [0.1, 0.15) is 17.5 Å². The number of carbonyl (C=O) groups excluding carboxylic acids is 2. The molecule has 0 saturated carbocycles. The average Bonchev–Trinajstić information content (AvgIpc) is 2.88. The molecular weight excluding hydrogens is 378 g/mol. The summed E-state index contributed by atoms with van der Waals surface area (Å²) in [7, 11) is 1.31. The average molecular weight is 400 g/mol. The van der Waals surface area contributed by atoms with Crippen LogP contribution < -0.4 is 5.32 Å². The minimum Gasteiger partial charge on any atom is -0.467 e. The first-order chi connectivity index (χ1) is 11.2. The number of hydrogen-bond donors (Lipinski definition) is 1. The number of nitrogens with one attached hydrogen (secondary N) is 1. The van der Waals surface area contributed by atoms with E-state index in [-0.39, 0.29) is 6.04 Å². The fourth-order valence-electron chi connectivity index (χ4n) is 2.52. The third kappa shape index (κ3) is 4.83. The van der Waals surface area contributed by atoms with Crippen LogP contribution in [0.25, 0.3) is 0 Å². The van der Waals surface area contributed by atoms with E-state index < -0.39 is 23.7 Å². The zero-order valence-electron chi connectivity index (χ0n) is 14.2. The van der Waals surface area contributed by atoms with E-state index in [0.717, 1.165) is 4.47 Å². The molecule has 0 unspecified atom stereocenters. The summed E-state index contributed by atoms with van der Waals surface area (Å²) in [4.78, 5) is 30.1. The van der Waals surface area contributed by atoms with Crippen LogP contribution in [0, 0.1) is 0 Å². The lowest BCUT2D eigenvalue weighted by Gasteiger charge is -2.27. The van der Waals surface area contributed by atoms with Gasteiger partial charge in [-0.1, -0.05) is 15.9 Å². The van der Waals surface area contributed by atoms with Gasteiger partial charge < -0.3 is 14.8 Å². The molecule has 2 rings (SSSR count). The van der Waals surface area contributed by atoms with Crippen LogP contribution in [-0.4, -0.2) is 53.3 Å². The van der Waals surface area contributed by atoms with Crippen LogP contribution in [-0.2, 0) is 14.3 Å². The second-order valence-corrected chi connectivity index (χ2v) is 7.52. The molecule has 1 aromatic heterocycles. The number of likely N-dealkylation sites (tertiary alicyclic amines) is 1. The molecule has 0 radical (unpaired) electrons. The molecule has 1 amide bonds. The number of rotatable bonds is 3. The molecule has 1 aromatic rings. The van der Waals surface area contributed by atoms with Gasteiger partial charge in [-0.15, -0.1) is 0 Å². The van der Waals surface area contributed by atoms with Crippen molar-refractivity contribution in [3.8, 4) is 0 Å². The van der Waals surface area contributed by atoms with Crippen molar-refractivity contribution in [1.82, 2.24) is 9.88 Å². The first-order valence-corrected chi connectivity index (χ1v) is 8.44. The van der Waals surface area contributed by atoms with E-state index >= 15 is 0 Å². The minimum atomic E-state index is -0.672. The van der Waals surface area contributed by atoms with Crippen LogP contribution in [0.3, 0.4) is 0 Å². The Balaban J connectivity index is 2.11. The second-order valence-electron chi connectivity index (χ2n) is 6.61. The number of hydrogen-bond acceptors (Lipinski definition) is 6. The Morgan fingerprint density at radius 2 is 2.12 bits per heavy atom. The Labute approximate surface area is 149 Å². The van der Waals surface area contributed by atoms with E-state index in [2.05, 4.69) is 26.2 Å². The highest BCUT2D eigenvalue weighted by Gasteiger charge is 2.42. The lowest BCUT2D eigenvalue weighted by Crippen LogP contribution is -2.44. The summed E-state index contributed by atoms with van der Waals surface area (Å²) < 4.78 is 11.1. The molecule has 1 fully saturated rings. The number of amides is 1. The van der Waals surface area contributed by atoms with Gasteiger partial charge in [0.15, 0.2) is 0 Å². The zero-order valence-corrected chi connectivity index (χ0v) is 15.8. The molecule has 0 aromatic carbocycles. The minimum absolute atomic E-state index is 0.122. The van der Waals surface area contributed by atoms with Gasteiger partial charge in [-0.25, -0.2) is 14.6 Å². The quantitative estimate of drug-likeness (QED) is 0.786. The summed E-state index contributed by atoms with van der Waals surface area (Å²) in [5, 5.41) is 3.24. The van der Waals surface area contributed by atoms with E-state index in [1.54, 1.807) is 27.0 Å². The lowest BCUT2D eigenvalue weighted by atomic mass is 10.1. The maximum atomic E-state index is 12.4. The summed E-state index contributed by atoms with van der Waals surface area (Å²) in [5.74, 6) is 0.219. The fraction of sp³-hybridized carbons (Fsp3) is 0.562. The Kier molecular flexibility index (Phi) is 5.69. The van der Waals surface area contributed by atoms with Gasteiger partial charge in [0.25, 0.3) is 0 Å². The van der Waals surface area contributed by atoms with Crippen molar-refractivity contribution in [2.45, 2.75) is 44.9 Å². The van der Waals surface area contributed by atoms with Gasteiger partial charge in [0, 0.05) is 29.7 Å². The SMILES string of the molecule is COC(=O)[C@@H]1C[C@H](Nc2cc(Br)ccn2)CN1C(=O)OC(C)(C)C. The summed E-state index contributed by atoms with van der Waals surface area (Å²) in [6.45, 7) is 5.70. The van der Waals surface area contributed by atoms with Crippen LogP contribution in [0.2, 0.25) is 0 Å². The molecule has 2 atom stereocenters. The Morgan fingerprint density at radius 3 is 2.71 bits per heavy atom. The topological polar surface area (TPSA) is 80.8 Å². The Bertz CT molecular complexity index is 618. The number of aromatic nitrogens is 1. The van der Waals surface area contributed by atoms with Crippen molar-refractivity contribution in [2.75, 3.05) is 19.0 Å². The molecule has 0 spiro atoms. The van der Waals surface area contributed by atoms with E-state index in [1.165, 1.54) is 12.0 Å². The number of halogens is 1. The summed E-state index contributed by atoms with van der Waals surface area (Å²) >= 11 is 3.39. The fourth-order valence-corrected chi connectivity index (χ4v) is 2.85. The molecule has 1 N–H and O–H groups in total. The number of methoxy groups -OCH3 is 1. The Hall–Kier alpha value is -1.83. The largest absolute Gasteiger partial charge is 0.467 e. The first-order valence-electron chi connectivity index (χ1n) is 7.65. The summed E-state index contributed by atoms with van der Waals surface area (Å²) in [5.41, 5.74) is -0.630. The maximum absolute atomic E-state index is 12.4. The van der Waals surface area contributed by atoms with Gasteiger partial charge in [-0.3, -0.25) is 4.90 Å². The van der Waals surface area contributed by atoms with E-state index in [4.69, 9.17) is 9.47 Å². The van der Waals surface area contributed by atoms with Crippen LogP contribution in [0.1, 0.15) is 27.2 Å². The van der Waals surface area contributed by atoms with Gasteiger partial charge in [0.05, 0.1) is 7.11 Å². The van der Waals surface area contributed by atoms with Crippen molar-refractivity contribution in [1.29, 1.82) is 0 Å². The molecule has 8 heteroatoms. The van der Waals surface area contributed by atoms with E-state index in [0.29, 0.717) is 18.8 Å².